The number of sulfone groups is 1. The van der Waals surface area contributed by atoms with Crippen molar-refractivity contribution >= 4 is 31.6 Å². The molecule has 1 aliphatic heterocycles. The molecule has 1 unspecified atom stereocenters. The van der Waals surface area contributed by atoms with Crippen LogP contribution in [0.3, 0.4) is 0 Å². The standard InChI is InChI=1S/C5H9NO5S3/c1-13(8,9)4-2-5(12-3-4)14(10,11)6-7/h2,4,6-7H,3H2,1H3. The monoisotopic (exact) mass is 259 g/mol. The number of hydrogen-bond acceptors (Lipinski definition) is 6. The van der Waals surface area contributed by atoms with Gasteiger partial charge >= 0.3 is 0 Å². The Morgan fingerprint density at radius 2 is 2.07 bits per heavy atom. The van der Waals surface area contributed by atoms with Crippen LogP contribution in [0.4, 0.5) is 0 Å². The second kappa shape index (κ2) is 3.81. The third-order valence-corrected chi connectivity index (χ3v) is 6.12. The fourth-order valence-electron chi connectivity index (χ4n) is 0.872. The molecule has 1 heterocycles. The predicted molar refractivity (Wildman–Crippen MR) is 53.0 cm³/mol. The van der Waals surface area contributed by atoms with Crippen LogP contribution < -0.4 is 4.89 Å². The van der Waals surface area contributed by atoms with Gasteiger partial charge in [0.1, 0.15) is 4.24 Å². The van der Waals surface area contributed by atoms with Crippen LogP contribution in [0.25, 0.3) is 0 Å². The summed E-state index contributed by atoms with van der Waals surface area (Å²) in [6.45, 7) is 0. The molecule has 0 aromatic heterocycles. The zero-order valence-corrected chi connectivity index (χ0v) is 9.62. The lowest BCUT2D eigenvalue weighted by Crippen LogP contribution is -2.19. The predicted octanol–water partition coefficient (Wildman–Crippen LogP) is -0.704. The Hall–Kier alpha value is -0.0900. The van der Waals surface area contributed by atoms with Crippen LogP contribution in [0, 0.1) is 0 Å². The van der Waals surface area contributed by atoms with Gasteiger partial charge in [0.05, 0.1) is 5.25 Å². The van der Waals surface area contributed by atoms with Crippen LogP contribution in [0.15, 0.2) is 10.3 Å². The van der Waals surface area contributed by atoms with E-state index in [-0.39, 0.29) is 9.99 Å². The maximum absolute atomic E-state index is 11.1. The van der Waals surface area contributed by atoms with Gasteiger partial charge in [0.25, 0.3) is 10.0 Å². The van der Waals surface area contributed by atoms with Gasteiger partial charge in [-0.15, -0.1) is 11.8 Å². The van der Waals surface area contributed by atoms with Crippen LogP contribution in [-0.2, 0) is 19.9 Å². The summed E-state index contributed by atoms with van der Waals surface area (Å²) in [4.78, 5) is 1.14. The molecule has 1 atom stereocenters. The summed E-state index contributed by atoms with van der Waals surface area (Å²) < 4.78 is 44.0. The first-order chi connectivity index (χ1) is 6.27. The largest absolute Gasteiger partial charge is 0.302 e. The number of rotatable bonds is 3. The van der Waals surface area contributed by atoms with Gasteiger partial charge in [-0.2, -0.15) is 0 Å². The molecule has 0 saturated carbocycles. The van der Waals surface area contributed by atoms with Gasteiger partial charge < -0.3 is 5.21 Å². The molecule has 0 radical (unpaired) electrons. The second-order valence-electron chi connectivity index (χ2n) is 2.76. The number of sulfonamides is 1. The van der Waals surface area contributed by atoms with Gasteiger partial charge in [-0.1, -0.05) is 4.89 Å². The molecule has 0 aliphatic carbocycles. The first kappa shape index (κ1) is 12.0. The first-order valence-electron chi connectivity index (χ1n) is 3.47. The zero-order chi connectivity index (χ0) is 11.0. The molecule has 2 N–H and O–H groups in total. The number of nitrogens with one attached hydrogen (secondary N) is 1. The van der Waals surface area contributed by atoms with E-state index in [9.17, 15) is 16.8 Å². The summed E-state index contributed by atoms with van der Waals surface area (Å²) in [5.74, 6) is 0.162. The van der Waals surface area contributed by atoms with Crippen LogP contribution in [0.1, 0.15) is 0 Å². The quantitative estimate of drug-likeness (QED) is 0.650. The SMILES string of the molecule is CS(=O)(=O)C1C=C(S(=O)(=O)NO)SC1. The Balaban J connectivity index is 3.00. The highest BCUT2D eigenvalue weighted by atomic mass is 32.3. The first-order valence-corrected chi connectivity index (χ1v) is 7.89. The minimum atomic E-state index is -3.93. The molecule has 9 heteroatoms. The lowest BCUT2D eigenvalue weighted by Gasteiger charge is -2.00. The Morgan fingerprint density at radius 1 is 1.50 bits per heavy atom. The minimum absolute atomic E-state index is 0.157. The van der Waals surface area contributed by atoms with Crippen LogP contribution >= 0.6 is 11.8 Å². The molecule has 0 amide bonds. The van der Waals surface area contributed by atoms with Crippen molar-refractivity contribution in [1.29, 1.82) is 0 Å². The molecule has 0 bridgehead atoms. The lowest BCUT2D eigenvalue weighted by atomic mass is 10.5. The maximum Gasteiger partial charge on any atom is 0.268 e. The molecule has 1 aliphatic rings. The third kappa shape index (κ3) is 2.48. The van der Waals surface area contributed by atoms with Gasteiger partial charge in [-0.25, -0.2) is 16.8 Å². The molecule has 1 rings (SSSR count). The van der Waals surface area contributed by atoms with Crippen molar-refractivity contribution in [1.82, 2.24) is 4.89 Å². The highest BCUT2D eigenvalue weighted by Gasteiger charge is 2.31. The van der Waals surface area contributed by atoms with Crippen molar-refractivity contribution in [3.05, 3.63) is 10.3 Å². The smallest absolute Gasteiger partial charge is 0.268 e. The number of thioether (sulfide) groups is 1. The van der Waals surface area contributed by atoms with Crippen LogP contribution in [0.5, 0.6) is 0 Å². The van der Waals surface area contributed by atoms with E-state index in [0.717, 1.165) is 29.0 Å². The summed E-state index contributed by atoms with van der Waals surface area (Å²) in [6, 6.07) is 0. The van der Waals surface area contributed by atoms with Crippen molar-refractivity contribution in [2.75, 3.05) is 12.0 Å². The van der Waals surface area contributed by atoms with Crippen molar-refractivity contribution < 1.29 is 22.0 Å². The molecule has 6 nitrogen and oxygen atoms in total. The van der Waals surface area contributed by atoms with E-state index in [2.05, 4.69) is 0 Å². The summed E-state index contributed by atoms with van der Waals surface area (Å²) >= 11 is 0.880. The second-order valence-corrected chi connectivity index (χ2v) is 7.97. The maximum atomic E-state index is 11.1. The molecule has 0 fully saturated rings. The summed E-state index contributed by atoms with van der Waals surface area (Å²) in [5, 5.41) is 7.50. The summed E-state index contributed by atoms with van der Waals surface area (Å²) in [7, 11) is -7.20. The summed E-state index contributed by atoms with van der Waals surface area (Å²) in [6.07, 6.45) is 2.16. The Bertz CT molecular complexity index is 448. The Morgan fingerprint density at radius 3 is 2.43 bits per heavy atom. The van der Waals surface area contributed by atoms with E-state index >= 15 is 0 Å². The molecular weight excluding hydrogens is 250 g/mol. The molecule has 14 heavy (non-hydrogen) atoms. The van der Waals surface area contributed by atoms with E-state index in [1.54, 1.807) is 0 Å². The zero-order valence-electron chi connectivity index (χ0n) is 7.17. The highest BCUT2D eigenvalue weighted by Crippen LogP contribution is 2.31. The number of hydrogen-bond donors (Lipinski definition) is 2. The van der Waals surface area contributed by atoms with Crippen LogP contribution in [-0.4, -0.2) is 39.3 Å². The Kier molecular flexibility index (Phi) is 3.26. The highest BCUT2D eigenvalue weighted by molar-refractivity contribution is 8.18. The molecule has 0 aromatic carbocycles. The summed E-state index contributed by atoms with van der Waals surface area (Å²) in [5.41, 5.74) is 0. The topological polar surface area (TPSA) is 101 Å². The average Bonchev–Trinajstić information content (AvgIpc) is 2.51. The molecule has 0 aromatic rings. The third-order valence-electron chi connectivity index (χ3n) is 1.65. The van der Waals surface area contributed by atoms with Gasteiger partial charge in [-0.3, -0.25) is 0 Å². The normalized spacial score (nSPS) is 23.6. The van der Waals surface area contributed by atoms with Gasteiger partial charge in [0.15, 0.2) is 9.84 Å². The van der Waals surface area contributed by atoms with E-state index in [0.29, 0.717) is 0 Å². The van der Waals surface area contributed by atoms with Crippen molar-refractivity contribution in [3.8, 4) is 0 Å². The van der Waals surface area contributed by atoms with E-state index in [1.807, 2.05) is 0 Å². The average molecular weight is 259 g/mol. The van der Waals surface area contributed by atoms with Crippen LogP contribution in [0.2, 0.25) is 0 Å². The van der Waals surface area contributed by atoms with Gasteiger partial charge in [0.2, 0.25) is 0 Å². The molecule has 0 saturated heterocycles. The lowest BCUT2D eigenvalue weighted by molar-refractivity contribution is 0.244. The van der Waals surface area contributed by atoms with Gasteiger partial charge in [0, 0.05) is 12.0 Å². The van der Waals surface area contributed by atoms with Crippen molar-refractivity contribution in [3.63, 3.8) is 0 Å². The molecular formula is C5H9NO5S3. The fraction of sp³-hybridized carbons (Fsp3) is 0.600. The van der Waals surface area contributed by atoms with E-state index in [1.165, 1.54) is 0 Å². The fourth-order valence-corrected chi connectivity index (χ4v) is 4.68. The van der Waals surface area contributed by atoms with Crippen molar-refractivity contribution in [2.24, 2.45) is 0 Å². The minimum Gasteiger partial charge on any atom is -0.302 e. The molecule has 82 valence electrons. The Labute approximate surface area is 86.3 Å². The van der Waals surface area contributed by atoms with Crippen molar-refractivity contribution in [2.45, 2.75) is 5.25 Å². The van der Waals surface area contributed by atoms with Gasteiger partial charge in [-0.05, 0) is 6.08 Å². The van der Waals surface area contributed by atoms with E-state index < -0.39 is 25.1 Å². The van der Waals surface area contributed by atoms with E-state index in [4.69, 9.17) is 5.21 Å². The molecule has 0 spiro atoms.